The molecule has 3 nitrogen and oxygen atoms in total. The van der Waals surface area contributed by atoms with Gasteiger partial charge in [0.15, 0.2) is 0 Å². The van der Waals surface area contributed by atoms with E-state index in [1.54, 1.807) is 6.20 Å². The summed E-state index contributed by atoms with van der Waals surface area (Å²) < 4.78 is 0. The second kappa shape index (κ2) is 4.61. The van der Waals surface area contributed by atoms with Crippen LogP contribution in [0.1, 0.15) is 19.7 Å². The van der Waals surface area contributed by atoms with E-state index < -0.39 is 0 Å². The SMILES string of the molecule is C#CC(Nc1ccnc(C)n1)C(C)C. The summed E-state index contributed by atoms with van der Waals surface area (Å²) in [4.78, 5) is 8.24. The summed E-state index contributed by atoms with van der Waals surface area (Å²) in [5, 5.41) is 3.18. The minimum absolute atomic E-state index is 0.0179. The zero-order chi connectivity index (χ0) is 10.6. The summed E-state index contributed by atoms with van der Waals surface area (Å²) in [6, 6.07) is 1.84. The average Bonchev–Trinajstić information content (AvgIpc) is 2.14. The van der Waals surface area contributed by atoms with E-state index in [0.29, 0.717) is 5.92 Å². The predicted octanol–water partition coefficient (Wildman–Crippen LogP) is 1.85. The van der Waals surface area contributed by atoms with Crippen LogP contribution in [0.5, 0.6) is 0 Å². The fourth-order valence-electron chi connectivity index (χ4n) is 1.10. The fraction of sp³-hybridized carbons (Fsp3) is 0.455. The van der Waals surface area contributed by atoms with E-state index in [0.717, 1.165) is 11.6 Å². The molecule has 0 saturated carbocycles. The molecule has 0 aromatic carbocycles. The molecular weight excluding hydrogens is 174 g/mol. The van der Waals surface area contributed by atoms with Gasteiger partial charge in [-0.2, -0.15) is 0 Å². The van der Waals surface area contributed by atoms with Crippen molar-refractivity contribution in [2.24, 2.45) is 5.92 Å². The van der Waals surface area contributed by atoms with Gasteiger partial charge in [-0.05, 0) is 18.9 Å². The van der Waals surface area contributed by atoms with Crippen LogP contribution in [-0.2, 0) is 0 Å². The highest BCUT2D eigenvalue weighted by atomic mass is 15.0. The van der Waals surface area contributed by atoms with Gasteiger partial charge in [0.1, 0.15) is 11.6 Å². The first kappa shape index (κ1) is 10.5. The minimum atomic E-state index is 0.0179. The lowest BCUT2D eigenvalue weighted by atomic mass is 10.1. The van der Waals surface area contributed by atoms with Gasteiger partial charge >= 0.3 is 0 Å². The van der Waals surface area contributed by atoms with Crippen molar-refractivity contribution in [2.75, 3.05) is 5.32 Å². The van der Waals surface area contributed by atoms with Crippen LogP contribution < -0.4 is 5.32 Å². The van der Waals surface area contributed by atoms with E-state index >= 15 is 0 Å². The van der Waals surface area contributed by atoms with E-state index in [1.165, 1.54) is 0 Å². The lowest BCUT2D eigenvalue weighted by Crippen LogP contribution is -2.24. The van der Waals surface area contributed by atoms with Crippen molar-refractivity contribution >= 4 is 5.82 Å². The lowest BCUT2D eigenvalue weighted by Gasteiger charge is -2.16. The van der Waals surface area contributed by atoms with Crippen LogP contribution in [0, 0.1) is 25.2 Å². The first-order chi connectivity index (χ1) is 6.63. The first-order valence-electron chi connectivity index (χ1n) is 4.66. The number of terminal acetylenes is 1. The van der Waals surface area contributed by atoms with Gasteiger partial charge in [0.2, 0.25) is 0 Å². The predicted molar refractivity (Wildman–Crippen MR) is 57.9 cm³/mol. The molecule has 0 aliphatic carbocycles. The third kappa shape index (κ3) is 2.74. The minimum Gasteiger partial charge on any atom is -0.356 e. The number of nitrogens with zero attached hydrogens (tertiary/aromatic N) is 2. The Hall–Kier alpha value is -1.56. The highest BCUT2D eigenvalue weighted by molar-refractivity contribution is 5.37. The number of aryl methyl sites for hydroxylation is 1. The summed E-state index contributed by atoms with van der Waals surface area (Å²) in [7, 11) is 0. The maximum absolute atomic E-state index is 5.40. The molecule has 1 heterocycles. The van der Waals surface area contributed by atoms with Crippen LogP contribution in [-0.4, -0.2) is 16.0 Å². The lowest BCUT2D eigenvalue weighted by molar-refractivity contribution is 0.612. The van der Waals surface area contributed by atoms with Crippen LogP contribution >= 0.6 is 0 Å². The molecule has 1 N–H and O–H groups in total. The molecule has 0 aliphatic heterocycles. The van der Waals surface area contributed by atoms with Crippen molar-refractivity contribution in [3.05, 3.63) is 18.1 Å². The molecule has 3 heteroatoms. The second-order valence-corrected chi connectivity index (χ2v) is 3.52. The van der Waals surface area contributed by atoms with E-state index in [1.807, 2.05) is 13.0 Å². The van der Waals surface area contributed by atoms with Gasteiger partial charge in [0.05, 0.1) is 6.04 Å². The van der Waals surface area contributed by atoms with Gasteiger partial charge in [-0.3, -0.25) is 0 Å². The van der Waals surface area contributed by atoms with Crippen LogP contribution in [0.15, 0.2) is 12.3 Å². The zero-order valence-electron chi connectivity index (χ0n) is 8.78. The van der Waals surface area contributed by atoms with Gasteiger partial charge in [-0.1, -0.05) is 19.8 Å². The van der Waals surface area contributed by atoms with Crippen molar-refractivity contribution in [3.63, 3.8) is 0 Å². The fourth-order valence-corrected chi connectivity index (χ4v) is 1.10. The van der Waals surface area contributed by atoms with Crippen molar-refractivity contribution in [2.45, 2.75) is 26.8 Å². The number of hydrogen-bond donors (Lipinski definition) is 1. The van der Waals surface area contributed by atoms with Crippen LogP contribution in [0.2, 0.25) is 0 Å². The third-order valence-corrected chi connectivity index (χ3v) is 1.93. The van der Waals surface area contributed by atoms with Gasteiger partial charge in [0.25, 0.3) is 0 Å². The van der Waals surface area contributed by atoms with E-state index in [2.05, 4.69) is 35.1 Å². The molecule has 0 radical (unpaired) electrons. The maximum Gasteiger partial charge on any atom is 0.130 e. The van der Waals surface area contributed by atoms with Crippen LogP contribution in [0.3, 0.4) is 0 Å². The molecule has 1 aromatic heterocycles. The topological polar surface area (TPSA) is 37.8 Å². The number of hydrogen-bond acceptors (Lipinski definition) is 3. The highest BCUT2D eigenvalue weighted by Gasteiger charge is 2.09. The maximum atomic E-state index is 5.40. The number of anilines is 1. The average molecular weight is 189 g/mol. The Bertz CT molecular complexity index is 339. The van der Waals surface area contributed by atoms with E-state index in [-0.39, 0.29) is 6.04 Å². The molecule has 0 spiro atoms. The zero-order valence-corrected chi connectivity index (χ0v) is 8.78. The van der Waals surface area contributed by atoms with Crippen molar-refractivity contribution in [1.29, 1.82) is 0 Å². The van der Waals surface area contributed by atoms with Gasteiger partial charge in [0, 0.05) is 6.20 Å². The molecule has 0 aliphatic rings. The summed E-state index contributed by atoms with van der Waals surface area (Å²) in [5.41, 5.74) is 0. The largest absolute Gasteiger partial charge is 0.356 e. The molecule has 0 fully saturated rings. The van der Waals surface area contributed by atoms with E-state index in [9.17, 15) is 0 Å². The van der Waals surface area contributed by atoms with Crippen LogP contribution in [0.25, 0.3) is 0 Å². The quantitative estimate of drug-likeness (QED) is 0.737. The Morgan fingerprint density at radius 3 is 2.71 bits per heavy atom. The third-order valence-electron chi connectivity index (χ3n) is 1.93. The molecule has 1 atom stereocenters. The second-order valence-electron chi connectivity index (χ2n) is 3.52. The Balaban J connectivity index is 2.73. The molecule has 0 bridgehead atoms. The molecule has 1 aromatic rings. The van der Waals surface area contributed by atoms with Gasteiger partial charge in [-0.15, -0.1) is 6.42 Å². The van der Waals surface area contributed by atoms with E-state index in [4.69, 9.17) is 6.42 Å². The van der Waals surface area contributed by atoms with Crippen molar-refractivity contribution in [3.8, 4) is 12.3 Å². The Morgan fingerprint density at radius 2 is 2.21 bits per heavy atom. The summed E-state index contributed by atoms with van der Waals surface area (Å²) >= 11 is 0. The molecule has 1 unspecified atom stereocenters. The monoisotopic (exact) mass is 189 g/mol. The molecule has 1 rings (SSSR count). The Morgan fingerprint density at radius 1 is 1.50 bits per heavy atom. The summed E-state index contributed by atoms with van der Waals surface area (Å²) in [5.74, 6) is 4.61. The summed E-state index contributed by atoms with van der Waals surface area (Å²) in [6.07, 6.45) is 7.12. The normalized spacial score (nSPS) is 12.2. The van der Waals surface area contributed by atoms with Crippen molar-refractivity contribution < 1.29 is 0 Å². The standard InChI is InChI=1S/C11H15N3/c1-5-10(8(2)3)14-11-6-7-12-9(4)13-11/h1,6-8,10H,2-4H3,(H,12,13,14). The van der Waals surface area contributed by atoms with Gasteiger partial charge in [-0.25, -0.2) is 9.97 Å². The van der Waals surface area contributed by atoms with Crippen LogP contribution in [0.4, 0.5) is 5.82 Å². The first-order valence-corrected chi connectivity index (χ1v) is 4.66. The molecule has 0 saturated heterocycles. The van der Waals surface area contributed by atoms with Crippen molar-refractivity contribution in [1.82, 2.24) is 9.97 Å². The summed E-state index contributed by atoms with van der Waals surface area (Å²) in [6.45, 7) is 6.00. The number of aromatic nitrogens is 2. The number of nitrogens with one attached hydrogen (secondary N) is 1. The Kier molecular flexibility index (Phi) is 3.47. The molecular formula is C11H15N3. The number of rotatable bonds is 3. The van der Waals surface area contributed by atoms with Gasteiger partial charge < -0.3 is 5.32 Å². The molecule has 74 valence electrons. The smallest absolute Gasteiger partial charge is 0.130 e. The highest BCUT2D eigenvalue weighted by Crippen LogP contribution is 2.08. The Labute approximate surface area is 85.0 Å². The molecule has 14 heavy (non-hydrogen) atoms. The molecule has 0 amide bonds.